The first kappa shape index (κ1) is 17.0. The van der Waals surface area contributed by atoms with Gasteiger partial charge in [0, 0.05) is 30.6 Å². The zero-order valence-electron chi connectivity index (χ0n) is 14.0. The molecular formula is C18H20N2O5. The number of rotatable bonds is 5. The molecule has 1 saturated heterocycles. The number of carbonyl (C=O) groups is 2. The van der Waals surface area contributed by atoms with Gasteiger partial charge < -0.3 is 19.4 Å². The summed E-state index contributed by atoms with van der Waals surface area (Å²) in [5, 5.41) is 3.09. The van der Waals surface area contributed by atoms with Crippen LogP contribution in [0, 0.1) is 0 Å². The third-order valence-corrected chi connectivity index (χ3v) is 4.13. The molecule has 2 aromatic rings. The molecular weight excluding hydrogens is 324 g/mol. The third-order valence-electron chi connectivity index (χ3n) is 4.13. The summed E-state index contributed by atoms with van der Waals surface area (Å²) in [5.41, 5.74) is -0.171. The van der Waals surface area contributed by atoms with Crippen LogP contribution >= 0.6 is 0 Å². The summed E-state index contributed by atoms with van der Waals surface area (Å²) in [6, 6.07) is 6.09. The highest BCUT2D eigenvalue weighted by atomic mass is 16.5. The Kier molecular flexibility index (Phi) is 5.02. The van der Waals surface area contributed by atoms with Gasteiger partial charge in [-0.1, -0.05) is 0 Å². The van der Waals surface area contributed by atoms with Crippen molar-refractivity contribution in [1.29, 1.82) is 0 Å². The topological polar surface area (TPSA) is 88.9 Å². The minimum atomic E-state index is -0.628. The lowest BCUT2D eigenvalue weighted by atomic mass is 10.1. The summed E-state index contributed by atoms with van der Waals surface area (Å²) >= 11 is 0. The van der Waals surface area contributed by atoms with Gasteiger partial charge in [-0.25, -0.2) is 4.79 Å². The lowest BCUT2D eigenvalue weighted by Gasteiger charge is -2.15. The SMILES string of the molecule is CCOc1ccc2c(C(=O)NCC(=O)N3CCCC3)cc(=O)oc2c1. The van der Waals surface area contributed by atoms with E-state index in [1.807, 2.05) is 6.92 Å². The Morgan fingerprint density at radius 1 is 1.24 bits per heavy atom. The van der Waals surface area contributed by atoms with Gasteiger partial charge in [-0.3, -0.25) is 9.59 Å². The molecule has 1 aliphatic rings. The zero-order valence-corrected chi connectivity index (χ0v) is 14.0. The van der Waals surface area contributed by atoms with E-state index in [0.717, 1.165) is 32.0 Å². The number of nitrogens with zero attached hydrogens (tertiary/aromatic N) is 1. The second-order valence-corrected chi connectivity index (χ2v) is 5.84. The van der Waals surface area contributed by atoms with Crippen molar-refractivity contribution in [2.24, 2.45) is 0 Å². The Morgan fingerprint density at radius 2 is 2.00 bits per heavy atom. The van der Waals surface area contributed by atoms with Crippen molar-refractivity contribution in [2.45, 2.75) is 19.8 Å². The van der Waals surface area contributed by atoms with Crippen LogP contribution in [0.4, 0.5) is 0 Å². The van der Waals surface area contributed by atoms with Gasteiger partial charge in [-0.15, -0.1) is 0 Å². The smallest absolute Gasteiger partial charge is 0.337 e. The number of hydrogen-bond acceptors (Lipinski definition) is 5. The standard InChI is InChI=1S/C18H20N2O5/c1-2-24-12-5-6-13-14(10-17(22)25-15(13)9-12)18(23)19-11-16(21)20-7-3-4-8-20/h5-6,9-10H,2-4,7-8,11H2,1H3,(H,19,23). The number of ether oxygens (including phenoxy) is 1. The van der Waals surface area contributed by atoms with Gasteiger partial charge in [-0.05, 0) is 31.9 Å². The van der Waals surface area contributed by atoms with Crippen LogP contribution in [0.15, 0.2) is 33.5 Å². The predicted octanol–water partition coefficient (Wildman–Crippen LogP) is 1.54. The summed E-state index contributed by atoms with van der Waals surface area (Å²) in [6.45, 7) is 3.70. The molecule has 7 nitrogen and oxygen atoms in total. The highest BCUT2D eigenvalue weighted by Crippen LogP contribution is 2.22. The van der Waals surface area contributed by atoms with Crippen molar-refractivity contribution in [2.75, 3.05) is 26.2 Å². The number of carbonyl (C=O) groups excluding carboxylic acids is 2. The van der Waals surface area contributed by atoms with Gasteiger partial charge in [0.1, 0.15) is 11.3 Å². The second-order valence-electron chi connectivity index (χ2n) is 5.84. The molecule has 25 heavy (non-hydrogen) atoms. The fourth-order valence-electron chi connectivity index (χ4n) is 2.92. The van der Waals surface area contributed by atoms with E-state index in [2.05, 4.69) is 5.32 Å². The maximum absolute atomic E-state index is 12.4. The van der Waals surface area contributed by atoms with Crippen molar-refractivity contribution >= 4 is 22.8 Å². The molecule has 3 rings (SSSR count). The summed E-state index contributed by atoms with van der Waals surface area (Å²) in [4.78, 5) is 38.0. The van der Waals surface area contributed by atoms with Crippen LogP contribution in [-0.4, -0.2) is 43.0 Å². The molecule has 1 N–H and O–H groups in total. The summed E-state index contributed by atoms with van der Waals surface area (Å²) in [7, 11) is 0. The number of nitrogens with one attached hydrogen (secondary N) is 1. The van der Waals surface area contributed by atoms with Gasteiger partial charge in [-0.2, -0.15) is 0 Å². The first-order valence-electron chi connectivity index (χ1n) is 8.35. The van der Waals surface area contributed by atoms with E-state index in [1.165, 1.54) is 0 Å². The quantitative estimate of drug-likeness (QED) is 0.831. The fourth-order valence-corrected chi connectivity index (χ4v) is 2.92. The molecule has 1 fully saturated rings. The molecule has 1 aromatic heterocycles. The Labute approximate surface area is 144 Å². The van der Waals surface area contributed by atoms with Crippen LogP contribution in [0.3, 0.4) is 0 Å². The van der Waals surface area contributed by atoms with Crippen molar-refractivity contribution in [3.8, 4) is 5.75 Å². The average Bonchev–Trinajstić information content (AvgIpc) is 3.13. The molecule has 7 heteroatoms. The van der Waals surface area contributed by atoms with E-state index >= 15 is 0 Å². The fraction of sp³-hybridized carbons (Fsp3) is 0.389. The lowest BCUT2D eigenvalue weighted by molar-refractivity contribution is -0.129. The summed E-state index contributed by atoms with van der Waals surface area (Å²) in [6.07, 6.45) is 1.98. The number of amides is 2. The van der Waals surface area contributed by atoms with Gasteiger partial charge in [0.2, 0.25) is 5.91 Å². The first-order chi connectivity index (χ1) is 12.1. The van der Waals surface area contributed by atoms with E-state index in [9.17, 15) is 14.4 Å². The van der Waals surface area contributed by atoms with Crippen molar-refractivity contribution in [1.82, 2.24) is 10.2 Å². The molecule has 1 aromatic carbocycles. The summed E-state index contributed by atoms with van der Waals surface area (Å²) in [5.74, 6) is -0.0359. The molecule has 132 valence electrons. The van der Waals surface area contributed by atoms with E-state index < -0.39 is 11.5 Å². The van der Waals surface area contributed by atoms with Crippen molar-refractivity contribution in [3.05, 3.63) is 40.2 Å². The van der Waals surface area contributed by atoms with Crippen LogP contribution < -0.4 is 15.7 Å². The molecule has 1 aliphatic heterocycles. The molecule has 0 bridgehead atoms. The highest BCUT2D eigenvalue weighted by Gasteiger charge is 2.19. The van der Waals surface area contributed by atoms with Crippen LogP contribution in [0.5, 0.6) is 5.75 Å². The van der Waals surface area contributed by atoms with Crippen LogP contribution in [0.1, 0.15) is 30.1 Å². The zero-order chi connectivity index (χ0) is 17.8. The van der Waals surface area contributed by atoms with Gasteiger partial charge in [0.25, 0.3) is 5.91 Å². The molecule has 0 spiro atoms. The minimum Gasteiger partial charge on any atom is -0.494 e. The Bertz CT molecular complexity index is 852. The largest absolute Gasteiger partial charge is 0.494 e. The number of fused-ring (bicyclic) bond motifs is 1. The molecule has 2 heterocycles. The molecule has 0 unspecified atom stereocenters. The van der Waals surface area contributed by atoms with Crippen LogP contribution in [0.25, 0.3) is 11.0 Å². The predicted molar refractivity (Wildman–Crippen MR) is 91.8 cm³/mol. The Balaban J connectivity index is 1.80. The van der Waals surface area contributed by atoms with E-state index in [0.29, 0.717) is 17.7 Å². The van der Waals surface area contributed by atoms with Crippen molar-refractivity contribution in [3.63, 3.8) is 0 Å². The minimum absolute atomic E-state index is 0.0857. The van der Waals surface area contributed by atoms with E-state index in [4.69, 9.17) is 9.15 Å². The van der Waals surface area contributed by atoms with Gasteiger partial charge in [0.05, 0.1) is 18.7 Å². The molecule has 0 radical (unpaired) electrons. The molecule has 2 amide bonds. The maximum Gasteiger partial charge on any atom is 0.337 e. The first-order valence-corrected chi connectivity index (χ1v) is 8.35. The van der Waals surface area contributed by atoms with Crippen LogP contribution in [-0.2, 0) is 4.79 Å². The normalized spacial score (nSPS) is 13.9. The lowest BCUT2D eigenvalue weighted by Crippen LogP contribution is -2.38. The Morgan fingerprint density at radius 3 is 2.72 bits per heavy atom. The van der Waals surface area contributed by atoms with Gasteiger partial charge >= 0.3 is 5.63 Å². The number of benzene rings is 1. The highest BCUT2D eigenvalue weighted by molar-refractivity contribution is 6.06. The summed E-state index contributed by atoms with van der Waals surface area (Å²) < 4.78 is 10.5. The van der Waals surface area contributed by atoms with Crippen molar-refractivity contribution < 1.29 is 18.7 Å². The number of likely N-dealkylation sites (tertiary alicyclic amines) is 1. The number of hydrogen-bond donors (Lipinski definition) is 1. The van der Waals surface area contributed by atoms with Gasteiger partial charge in [0.15, 0.2) is 0 Å². The molecule has 0 aliphatic carbocycles. The molecule has 0 atom stereocenters. The van der Waals surface area contributed by atoms with Crippen LogP contribution in [0.2, 0.25) is 0 Å². The monoisotopic (exact) mass is 344 g/mol. The third kappa shape index (κ3) is 3.81. The van der Waals surface area contributed by atoms with E-state index in [-0.39, 0.29) is 23.6 Å². The Hall–Kier alpha value is -2.83. The average molecular weight is 344 g/mol. The second kappa shape index (κ2) is 7.38. The van der Waals surface area contributed by atoms with E-state index in [1.54, 1.807) is 23.1 Å². The maximum atomic E-state index is 12.4. The molecule has 0 saturated carbocycles.